The maximum absolute atomic E-state index is 11.8. The first-order valence-electron chi connectivity index (χ1n) is 5.48. The Balaban J connectivity index is 2.23. The zero-order valence-corrected chi connectivity index (χ0v) is 10.9. The van der Waals surface area contributed by atoms with Gasteiger partial charge in [-0.15, -0.1) is 0 Å². The highest BCUT2D eigenvalue weighted by atomic mass is 35.5. The Morgan fingerprint density at radius 2 is 2.38 bits per heavy atom. The van der Waals surface area contributed by atoms with Crippen LogP contribution in [0.15, 0.2) is 10.9 Å². The fraction of sp³-hybridized carbons (Fsp3) is 0.636. The molecule has 88 valence electrons. The number of rotatable bonds is 5. The van der Waals surface area contributed by atoms with Crippen molar-refractivity contribution in [1.82, 2.24) is 9.55 Å². The van der Waals surface area contributed by atoms with Gasteiger partial charge in [-0.2, -0.15) is 11.8 Å². The van der Waals surface area contributed by atoms with Gasteiger partial charge < -0.3 is 0 Å². The molecule has 0 spiro atoms. The average Bonchev–Trinajstić information content (AvgIpc) is 3.04. The van der Waals surface area contributed by atoms with Gasteiger partial charge in [0, 0.05) is 18.5 Å². The second-order valence-corrected chi connectivity index (χ2v) is 5.42. The summed E-state index contributed by atoms with van der Waals surface area (Å²) in [5.74, 6) is 2.42. The molecule has 0 aliphatic heterocycles. The summed E-state index contributed by atoms with van der Waals surface area (Å²) >= 11 is 7.62. The molecule has 0 N–H and O–H groups in total. The van der Waals surface area contributed by atoms with Crippen LogP contribution >= 0.6 is 23.4 Å². The number of hydrogen-bond donors (Lipinski definition) is 0. The summed E-state index contributed by atoms with van der Waals surface area (Å²) in [5, 5.41) is 0.327. The number of nitrogens with zero attached hydrogens (tertiary/aromatic N) is 2. The molecular weight excluding hydrogens is 244 g/mol. The second-order valence-electron chi connectivity index (χ2n) is 4.05. The van der Waals surface area contributed by atoms with E-state index in [-0.39, 0.29) is 5.56 Å². The van der Waals surface area contributed by atoms with Crippen LogP contribution in [0.5, 0.6) is 0 Å². The summed E-state index contributed by atoms with van der Waals surface area (Å²) in [6.45, 7) is 0.760. The highest BCUT2D eigenvalue weighted by Crippen LogP contribution is 2.38. The van der Waals surface area contributed by atoms with E-state index in [4.69, 9.17) is 11.6 Å². The van der Waals surface area contributed by atoms with Crippen LogP contribution in [0.25, 0.3) is 0 Å². The van der Waals surface area contributed by atoms with Crippen molar-refractivity contribution < 1.29 is 0 Å². The molecule has 5 heteroatoms. The highest BCUT2D eigenvalue weighted by Gasteiger charge is 2.28. The third-order valence-corrected chi connectivity index (χ3v) is 3.57. The fourth-order valence-corrected chi connectivity index (χ4v) is 2.34. The molecule has 0 radical (unpaired) electrons. The predicted octanol–water partition coefficient (Wildman–Crippen LogP) is 2.53. The van der Waals surface area contributed by atoms with Crippen molar-refractivity contribution in [1.29, 1.82) is 0 Å². The first kappa shape index (κ1) is 12.0. The largest absolute Gasteiger partial charge is 0.296 e. The van der Waals surface area contributed by atoms with Crippen molar-refractivity contribution in [2.24, 2.45) is 0 Å². The van der Waals surface area contributed by atoms with E-state index in [1.807, 2.05) is 0 Å². The van der Waals surface area contributed by atoms with E-state index in [9.17, 15) is 4.79 Å². The Labute approximate surface area is 104 Å². The summed E-state index contributed by atoms with van der Waals surface area (Å²) in [6.07, 6.45) is 5.35. The van der Waals surface area contributed by atoms with Gasteiger partial charge in [0.2, 0.25) is 0 Å². The van der Waals surface area contributed by atoms with Gasteiger partial charge in [0.1, 0.15) is 11.0 Å². The molecule has 16 heavy (non-hydrogen) atoms. The van der Waals surface area contributed by atoms with Gasteiger partial charge in [0.25, 0.3) is 5.56 Å². The summed E-state index contributed by atoms with van der Waals surface area (Å²) in [6, 6.07) is 1.41. The lowest BCUT2D eigenvalue weighted by Gasteiger charge is -2.10. The van der Waals surface area contributed by atoms with Gasteiger partial charge in [-0.05, 0) is 31.3 Å². The second kappa shape index (κ2) is 5.23. The molecule has 1 aliphatic rings. The molecule has 0 amide bonds. The van der Waals surface area contributed by atoms with Crippen LogP contribution in [0.3, 0.4) is 0 Å². The van der Waals surface area contributed by atoms with Crippen molar-refractivity contribution in [3.63, 3.8) is 0 Å². The van der Waals surface area contributed by atoms with Crippen molar-refractivity contribution in [3.05, 3.63) is 27.4 Å². The number of halogens is 1. The van der Waals surface area contributed by atoms with Gasteiger partial charge in [-0.3, -0.25) is 9.36 Å². The SMILES string of the molecule is CSCCCn1c(C2CC2)nc(Cl)cc1=O. The van der Waals surface area contributed by atoms with Crippen molar-refractivity contribution >= 4 is 23.4 Å². The van der Waals surface area contributed by atoms with Crippen molar-refractivity contribution in [2.75, 3.05) is 12.0 Å². The smallest absolute Gasteiger partial charge is 0.254 e. The molecule has 0 aromatic carbocycles. The number of hydrogen-bond acceptors (Lipinski definition) is 3. The Hall–Kier alpha value is -0.480. The third-order valence-electron chi connectivity index (χ3n) is 2.68. The normalized spacial score (nSPS) is 15.4. The van der Waals surface area contributed by atoms with Crippen LogP contribution < -0.4 is 5.56 Å². The minimum atomic E-state index is -0.0111. The van der Waals surface area contributed by atoms with Crippen molar-refractivity contribution in [2.45, 2.75) is 31.7 Å². The van der Waals surface area contributed by atoms with Crippen LogP contribution in [0.2, 0.25) is 5.15 Å². The average molecular weight is 259 g/mol. The summed E-state index contributed by atoms with van der Waals surface area (Å²) in [5.41, 5.74) is -0.0111. The summed E-state index contributed by atoms with van der Waals surface area (Å²) in [4.78, 5) is 16.1. The quantitative estimate of drug-likeness (QED) is 0.601. The van der Waals surface area contributed by atoms with Crippen LogP contribution in [-0.2, 0) is 6.54 Å². The van der Waals surface area contributed by atoms with Crippen LogP contribution in [-0.4, -0.2) is 21.6 Å². The highest BCUT2D eigenvalue weighted by molar-refractivity contribution is 7.98. The maximum atomic E-state index is 11.8. The molecule has 0 saturated heterocycles. The Morgan fingerprint density at radius 3 is 3.00 bits per heavy atom. The number of aromatic nitrogens is 2. The molecule has 1 aromatic rings. The van der Waals surface area contributed by atoms with Crippen LogP contribution in [0.1, 0.15) is 31.0 Å². The molecule has 2 rings (SSSR count). The summed E-state index contributed by atoms with van der Waals surface area (Å²) in [7, 11) is 0. The zero-order chi connectivity index (χ0) is 11.5. The lowest BCUT2D eigenvalue weighted by Crippen LogP contribution is -2.24. The van der Waals surface area contributed by atoms with E-state index in [2.05, 4.69) is 11.2 Å². The molecular formula is C11H15ClN2OS. The van der Waals surface area contributed by atoms with Gasteiger partial charge >= 0.3 is 0 Å². The maximum Gasteiger partial charge on any atom is 0.254 e. The predicted molar refractivity (Wildman–Crippen MR) is 68.5 cm³/mol. The molecule has 3 nitrogen and oxygen atoms in total. The number of thioether (sulfide) groups is 1. The fourth-order valence-electron chi connectivity index (χ4n) is 1.74. The van der Waals surface area contributed by atoms with Crippen LogP contribution in [0.4, 0.5) is 0 Å². The van der Waals surface area contributed by atoms with Gasteiger partial charge in [0.05, 0.1) is 0 Å². The topological polar surface area (TPSA) is 34.9 Å². The minimum Gasteiger partial charge on any atom is -0.296 e. The lowest BCUT2D eigenvalue weighted by molar-refractivity contribution is 0.602. The molecule has 0 bridgehead atoms. The molecule has 1 fully saturated rings. The molecule has 1 saturated carbocycles. The van der Waals surface area contributed by atoms with Crippen LogP contribution in [0, 0.1) is 0 Å². The van der Waals surface area contributed by atoms with E-state index >= 15 is 0 Å². The van der Waals surface area contributed by atoms with E-state index in [1.54, 1.807) is 16.3 Å². The Morgan fingerprint density at radius 1 is 1.62 bits per heavy atom. The molecule has 0 atom stereocenters. The molecule has 1 aromatic heterocycles. The zero-order valence-electron chi connectivity index (χ0n) is 9.28. The summed E-state index contributed by atoms with van der Waals surface area (Å²) < 4.78 is 1.79. The molecule has 1 heterocycles. The Bertz CT molecular complexity index is 428. The van der Waals surface area contributed by atoms with Crippen molar-refractivity contribution in [3.8, 4) is 0 Å². The molecule has 1 aliphatic carbocycles. The monoisotopic (exact) mass is 258 g/mol. The van der Waals surface area contributed by atoms with E-state index in [0.717, 1.165) is 37.4 Å². The molecule has 0 unspecified atom stereocenters. The van der Waals surface area contributed by atoms with Gasteiger partial charge in [-0.25, -0.2) is 4.98 Å². The standard InChI is InChI=1S/C11H15ClN2OS/c1-16-6-2-5-14-10(15)7-9(12)13-11(14)8-3-4-8/h7-8H,2-6H2,1H3. The Kier molecular flexibility index (Phi) is 3.92. The van der Waals surface area contributed by atoms with E-state index in [0.29, 0.717) is 11.1 Å². The minimum absolute atomic E-state index is 0.0111. The van der Waals surface area contributed by atoms with Gasteiger partial charge in [0.15, 0.2) is 0 Å². The van der Waals surface area contributed by atoms with Gasteiger partial charge in [-0.1, -0.05) is 11.6 Å². The van der Waals surface area contributed by atoms with E-state index in [1.165, 1.54) is 6.07 Å². The first-order chi connectivity index (χ1) is 7.72. The third kappa shape index (κ3) is 2.80. The first-order valence-corrected chi connectivity index (χ1v) is 7.26. The lowest BCUT2D eigenvalue weighted by atomic mass is 10.3. The van der Waals surface area contributed by atoms with E-state index < -0.39 is 0 Å².